The summed E-state index contributed by atoms with van der Waals surface area (Å²) in [6, 6.07) is 27.5. The van der Waals surface area contributed by atoms with Crippen LogP contribution in [0, 0.1) is 5.92 Å². The monoisotopic (exact) mass is 400 g/mol. The first-order chi connectivity index (χ1) is 14.5. The van der Waals surface area contributed by atoms with Crippen LogP contribution in [0.15, 0.2) is 90.0 Å². The molecule has 4 heteroatoms. The average molecular weight is 401 g/mol. The highest BCUT2D eigenvalue weighted by atomic mass is 16.5. The van der Waals surface area contributed by atoms with Gasteiger partial charge in [-0.15, -0.1) is 0 Å². The van der Waals surface area contributed by atoms with Gasteiger partial charge in [-0.2, -0.15) is 5.10 Å². The number of nitrogens with zero attached hydrogens (tertiary/aromatic N) is 1. The van der Waals surface area contributed by atoms with Crippen molar-refractivity contribution in [2.24, 2.45) is 11.0 Å². The second-order valence-electron chi connectivity index (χ2n) is 7.68. The Balaban J connectivity index is 1.73. The van der Waals surface area contributed by atoms with Crippen LogP contribution in [0.3, 0.4) is 0 Å². The molecule has 0 atom stereocenters. The van der Waals surface area contributed by atoms with Gasteiger partial charge in [-0.3, -0.25) is 4.79 Å². The number of carbonyl (C=O) groups excluding carboxylic acids is 1. The van der Waals surface area contributed by atoms with E-state index in [1.54, 1.807) is 12.1 Å². The molecule has 1 N–H and O–H groups in total. The van der Waals surface area contributed by atoms with E-state index in [4.69, 9.17) is 4.74 Å². The summed E-state index contributed by atoms with van der Waals surface area (Å²) in [6.07, 6.45) is 0. The number of rotatable bonds is 8. The lowest BCUT2D eigenvalue weighted by atomic mass is 9.88. The standard InChI is InChI=1S/C26H28N2O2/c1-19(2)18-30-24-16-14-23(15-17-24)26(29)28-27-20(3)25(21-10-6-4-7-11-21)22-12-8-5-9-13-22/h4-17,19,25H,18H2,1-3H3,(H,28,29)/b27-20+. The molecule has 0 radical (unpaired) electrons. The van der Waals surface area contributed by atoms with E-state index in [2.05, 4.69) is 48.6 Å². The summed E-state index contributed by atoms with van der Waals surface area (Å²) in [5, 5.41) is 4.42. The van der Waals surface area contributed by atoms with Crippen molar-refractivity contribution in [1.82, 2.24) is 5.43 Å². The van der Waals surface area contributed by atoms with E-state index in [0.29, 0.717) is 18.1 Å². The van der Waals surface area contributed by atoms with E-state index in [0.717, 1.165) is 22.6 Å². The molecule has 0 spiro atoms. The van der Waals surface area contributed by atoms with Crippen LogP contribution < -0.4 is 10.2 Å². The lowest BCUT2D eigenvalue weighted by molar-refractivity contribution is 0.0954. The fourth-order valence-corrected chi connectivity index (χ4v) is 3.20. The molecule has 1 amide bonds. The van der Waals surface area contributed by atoms with Gasteiger partial charge in [-0.05, 0) is 48.2 Å². The zero-order chi connectivity index (χ0) is 21.3. The first kappa shape index (κ1) is 21.3. The number of hydrazone groups is 1. The number of hydrogen-bond donors (Lipinski definition) is 1. The number of hydrogen-bond acceptors (Lipinski definition) is 3. The lowest BCUT2D eigenvalue weighted by Gasteiger charge is -2.18. The maximum absolute atomic E-state index is 12.6. The Labute approximate surface area is 178 Å². The molecule has 0 saturated heterocycles. The fourth-order valence-electron chi connectivity index (χ4n) is 3.20. The van der Waals surface area contributed by atoms with Gasteiger partial charge >= 0.3 is 0 Å². The van der Waals surface area contributed by atoms with Gasteiger partial charge in [0.05, 0.1) is 6.61 Å². The highest BCUT2D eigenvalue weighted by molar-refractivity contribution is 5.97. The molecule has 30 heavy (non-hydrogen) atoms. The summed E-state index contributed by atoms with van der Waals surface area (Å²) >= 11 is 0. The zero-order valence-corrected chi connectivity index (χ0v) is 17.7. The van der Waals surface area contributed by atoms with Gasteiger partial charge in [0, 0.05) is 17.2 Å². The lowest BCUT2D eigenvalue weighted by Crippen LogP contribution is -2.21. The predicted molar refractivity (Wildman–Crippen MR) is 122 cm³/mol. The molecule has 0 aromatic heterocycles. The Hall–Kier alpha value is -3.40. The minimum Gasteiger partial charge on any atom is -0.493 e. The van der Waals surface area contributed by atoms with E-state index < -0.39 is 0 Å². The normalized spacial score (nSPS) is 11.6. The molecule has 0 bridgehead atoms. The van der Waals surface area contributed by atoms with Gasteiger partial charge in [0.15, 0.2) is 0 Å². The summed E-state index contributed by atoms with van der Waals surface area (Å²) in [5.41, 5.74) is 6.32. The van der Waals surface area contributed by atoms with Crippen molar-refractivity contribution >= 4 is 11.6 Å². The third kappa shape index (κ3) is 5.80. The van der Waals surface area contributed by atoms with Gasteiger partial charge in [0.25, 0.3) is 5.91 Å². The molecule has 3 aromatic carbocycles. The molecular weight excluding hydrogens is 372 g/mol. The van der Waals surface area contributed by atoms with Crippen molar-refractivity contribution < 1.29 is 9.53 Å². The molecule has 0 saturated carbocycles. The third-order valence-corrected chi connectivity index (χ3v) is 4.72. The van der Waals surface area contributed by atoms with E-state index in [1.165, 1.54) is 0 Å². The number of amides is 1. The average Bonchev–Trinajstić information content (AvgIpc) is 2.78. The second kappa shape index (κ2) is 10.4. The van der Waals surface area contributed by atoms with E-state index >= 15 is 0 Å². The molecule has 0 aliphatic rings. The van der Waals surface area contributed by atoms with Crippen LogP contribution in [0.2, 0.25) is 0 Å². The smallest absolute Gasteiger partial charge is 0.271 e. The Morgan fingerprint density at radius 1 is 0.867 bits per heavy atom. The minimum atomic E-state index is -0.246. The van der Waals surface area contributed by atoms with Crippen molar-refractivity contribution in [1.29, 1.82) is 0 Å². The Kier molecular flexibility index (Phi) is 7.39. The molecule has 0 aliphatic carbocycles. The molecule has 0 aliphatic heterocycles. The van der Waals surface area contributed by atoms with Crippen LogP contribution >= 0.6 is 0 Å². The summed E-state index contributed by atoms with van der Waals surface area (Å²) in [6.45, 7) is 6.78. The maximum atomic E-state index is 12.6. The number of benzene rings is 3. The second-order valence-corrected chi connectivity index (χ2v) is 7.68. The molecule has 0 heterocycles. The van der Waals surface area contributed by atoms with Crippen molar-refractivity contribution in [2.75, 3.05) is 6.61 Å². The van der Waals surface area contributed by atoms with Gasteiger partial charge in [-0.1, -0.05) is 74.5 Å². The SMILES string of the molecule is C/C(=N\NC(=O)c1ccc(OCC(C)C)cc1)C(c1ccccc1)c1ccccc1. The van der Waals surface area contributed by atoms with Gasteiger partial charge in [-0.25, -0.2) is 5.43 Å². The summed E-state index contributed by atoms with van der Waals surface area (Å²) < 4.78 is 5.67. The molecular formula is C26H28N2O2. The first-order valence-corrected chi connectivity index (χ1v) is 10.2. The van der Waals surface area contributed by atoms with Gasteiger partial charge in [0.1, 0.15) is 5.75 Å². The first-order valence-electron chi connectivity index (χ1n) is 10.2. The zero-order valence-electron chi connectivity index (χ0n) is 17.7. The van der Waals surface area contributed by atoms with E-state index in [1.807, 2.05) is 55.5 Å². The molecule has 154 valence electrons. The largest absolute Gasteiger partial charge is 0.493 e. The van der Waals surface area contributed by atoms with Crippen molar-refractivity contribution in [2.45, 2.75) is 26.7 Å². The van der Waals surface area contributed by atoms with Crippen LogP contribution in [-0.2, 0) is 0 Å². The van der Waals surface area contributed by atoms with Crippen LogP contribution in [0.1, 0.15) is 48.2 Å². The summed E-state index contributed by atoms with van der Waals surface area (Å²) in [7, 11) is 0. The van der Waals surface area contributed by atoms with Crippen molar-refractivity contribution in [3.8, 4) is 5.75 Å². The van der Waals surface area contributed by atoms with E-state index in [-0.39, 0.29) is 11.8 Å². The molecule has 0 fully saturated rings. The van der Waals surface area contributed by atoms with Crippen LogP contribution in [0.25, 0.3) is 0 Å². The highest BCUT2D eigenvalue weighted by Gasteiger charge is 2.17. The summed E-state index contributed by atoms with van der Waals surface area (Å²) in [5.74, 6) is 0.935. The minimum absolute atomic E-state index is 0.0282. The van der Waals surface area contributed by atoms with Gasteiger partial charge < -0.3 is 4.74 Å². The topological polar surface area (TPSA) is 50.7 Å². The Morgan fingerprint density at radius 2 is 1.40 bits per heavy atom. The molecule has 0 unspecified atom stereocenters. The molecule has 4 nitrogen and oxygen atoms in total. The van der Waals surface area contributed by atoms with Crippen molar-refractivity contribution in [3.63, 3.8) is 0 Å². The Bertz CT molecular complexity index is 925. The third-order valence-electron chi connectivity index (χ3n) is 4.72. The number of carbonyl (C=O) groups is 1. The van der Waals surface area contributed by atoms with Crippen molar-refractivity contribution in [3.05, 3.63) is 102 Å². The van der Waals surface area contributed by atoms with Crippen LogP contribution in [-0.4, -0.2) is 18.2 Å². The number of ether oxygens (including phenoxy) is 1. The molecule has 3 rings (SSSR count). The maximum Gasteiger partial charge on any atom is 0.271 e. The van der Waals surface area contributed by atoms with Crippen LogP contribution in [0.5, 0.6) is 5.75 Å². The highest BCUT2D eigenvalue weighted by Crippen LogP contribution is 2.26. The Morgan fingerprint density at radius 3 is 1.90 bits per heavy atom. The number of nitrogens with one attached hydrogen (secondary N) is 1. The predicted octanol–water partition coefficient (Wildman–Crippen LogP) is 5.66. The quantitative estimate of drug-likeness (QED) is 0.392. The fraction of sp³-hybridized carbons (Fsp3) is 0.231. The van der Waals surface area contributed by atoms with Gasteiger partial charge in [0.2, 0.25) is 0 Å². The molecule has 3 aromatic rings. The summed E-state index contributed by atoms with van der Waals surface area (Å²) in [4.78, 5) is 12.6. The van der Waals surface area contributed by atoms with E-state index in [9.17, 15) is 4.79 Å². The van der Waals surface area contributed by atoms with Crippen LogP contribution in [0.4, 0.5) is 0 Å².